The van der Waals surface area contributed by atoms with Crippen molar-refractivity contribution < 1.29 is 35.4 Å². The topological polar surface area (TPSA) is 77.8 Å². The van der Waals surface area contributed by atoms with Crippen molar-refractivity contribution in [2.24, 2.45) is 0 Å². The predicted octanol–water partition coefficient (Wildman–Crippen LogP) is 2.16. The van der Waals surface area contributed by atoms with Gasteiger partial charge in [0.15, 0.2) is 0 Å². The molecule has 0 unspecified atom stereocenters. The van der Waals surface area contributed by atoms with Crippen LogP contribution in [0.5, 0.6) is 0 Å². The van der Waals surface area contributed by atoms with Crippen molar-refractivity contribution in [1.82, 2.24) is 20.3 Å². The Hall–Kier alpha value is -2.14. The Morgan fingerprint density at radius 3 is 1.22 bits per heavy atom. The number of hydrogen-bond acceptors (Lipinski definition) is 6. The van der Waals surface area contributed by atoms with Crippen LogP contribution < -0.4 is 0 Å². The molecule has 0 amide bonds. The standard InChI is InChI=1S/C6F6N4O2/c7-5(8,9)3-13-1(15-17-3)2-14-4(18-16-2)6(10,11)12. The molecule has 0 aliphatic carbocycles. The van der Waals surface area contributed by atoms with Gasteiger partial charge in [-0.05, 0) is 0 Å². The van der Waals surface area contributed by atoms with Crippen LogP contribution in [0, 0.1) is 0 Å². The van der Waals surface area contributed by atoms with Crippen molar-refractivity contribution in [3.8, 4) is 11.6 Å². The number of aromatic nitrogens is 4. The summed E-state index contributed by atoms with van der Waals surface area (Å²) in [7, 11) is 0. The molecule has 0 atom stereocenters. The fourth-order valence-electron chi connectivity index (χ4n) is 0.859. The molecule has 98 valence electrons. The molecule has 0 fully saturated rings. The Balaban J connectivity index is 2.33. The van der Waals surface area contributed by atoms with Gasteiger partial charge in [0.05, 0.1) is 0 Å². The maximum absolute atomic E-state index is 12.1. The highest BCUT2D eigenvalue weighted by atomic mass is 19.4. The predicted molar refractivity (Wildman–Crippen MR) is 37.6 cm³/mol. The molecule has 2 heterocycles. The van der Waals surface area contributed by atoms with E-state index in [9.17, 15) is 26.3 Å². The lowest BCUT2D eigenvalue weighted by Crippen LogP contribution is -2.05. The van der Waals surface area contributed by atoms with Crippen LogP contribution in [0.4, 0.5) is 26.3 Å². The fourth-order valence-corrected chi connectivity index (χ4v) is 0.859. The van der Waals surface area contributed by atoms with Crippen molar-refractivity contribution >= 4 is 0 Å². The minimum absolute atomic E-state index is 0.860. The van der Waals surface area contributed by atoms with Gasteiger partial charge in [0.25, 0.3) is 0 Å². The quantitative estimate of drug-likeness (QED) is 0.741. The summed E-state index contributed by atoms with van der Waals surface area (Å²) in [6.45, 7) is 0. The summed E-state index contributed by atoms with van der Waals surface area (Å²) in [6, 6.07) is 0. The van der Waals surface area contributed by atoms with Gasteiger partial charge in [0, 0.05) is 0 Å². The van der Waals surface area contributed by atoms with Gasteiger partial charge in [-0.1, -0.05) is 10.3 Å². The van der Waals surface area contributed by atoms with Crippen LogP contribution in [0.25, 0.3) is 11.6 Å². The average Bonchev–Trinajstić information content (AvgIpc) is 2.84. The summed E-state index contributed by atoms with van der Waals surface area (Å²) in [5.74, 6) is -5.17. The van der Waals surface area contributed by atoms with Gasteiger partial charge in [-0.15, -0.1) is 0 Å². The third-order valence-electron chi connectivity index (χ3n) is 1.54. The number of rotatable bonds is 1. The van der Waals surface area contributed by atoms with Gasteiger partial charge in [-0.25, -0.2) is 0 Å². The van der Waals surface area contributed by atoms with E-state index in [1.807, 2.05) is 0 Å². The summed E-state index contributed by atoms with van der Waals surface area (Å²) in [5, 5.41) is 5.58. The lowest BCUT2D eigenvalue weighted by Gasteiger charge is -1.95. The molecule has 0 saturated heterocycles. The van der Waals surface area contributed by atoms with E-state index in [0.717, 1.165) is 0 Å². The zero-order valence-corrected chi connectivity index (χ0v) is 7.87. The molecule has 0 N–H and O–H groups in total. The summed E-state index contributed by atoms with van der Waals surface area (Å²) < 4.78 is 80.0. The molecular weight excluding hydrogens is 274 g/mol. The average molecular weight is 274 g/mol. The molecule has 0 aromatic carbocycles. The molecule has 0 aliphatic rings. The first-order valence-electron chi connectivity index (χ1n) is 4.00. The van der Waals surface area contributed by atoms with Gasteiger partial charge in [0.1, 0.15) is 0 Å². The van der Waals surface area contributed by atoms with Gasteiger partial charge in [-0.3, -0.25) is 0 Å². The van der Waals surface area contributed by atoms with Crippen molar-refractivity contribution in [3.05, 3.63) is 11.8 Å². The normalized spacial score (nSPS) is 13.0. The first kappa shape index (κ1) is 12.3. The molecule has 12 heteroatoms. The summed E-state index contributed by atoms with van der Waals surface area (Å²) in [4.78, 5) is 5.58. The van der Waals surface area contributed by atoms with Gasteiger partial charge >= 0.3 is 24.1 Å². The largest absolute Gasteiger partial charge is 0.471 e. The van der Waals surface area contributed by atoms with Crippen molar-refractivity contribution in [3.63, 3.8) is 0 Å². The summed E-state index contributed by atoms with van der Waals surface area (Å²) >= 11 is 0. The monoisotopic (exact) mass is 274 g/mol. The van der Waals surface area contributed by atoms with E-state index in [1.54, 1.807) is 0 Å². The molecule has 0 radical (unpaired) electrons. The van der Waals surface area contributed by atoms with E-state index in [1.165, 1.54) is 0 Å². The molecule has 0 spiro atoms. The number of nitrogens with zero attached hydrogens (tertiary/aromatic N) is 4. The second kappa shape index (κ2) is 3.68. The molecule has 0 aliphatic heterocycles. The van der Waals surface area contributed by atoms with Crippen molar-refractivity contribution in [2.75, 3.05) is 0 Å². The van der Waals surface area contributed by atoms with Crippen LogP contribution in [0.3, 0.4) is 0 Å². The van der Waals surface area contributed by atoms with Gasteiger partial charge in [0.2, 0.25) is 11.6 Å². The number of halogens is 6. The zero-order chi connectivity index (χ0) is 13.6. The van der Waals surface area contributed by atoms with E-state index < -0.39 is 35.8 Å². The van der Waals surface area contributed by atoms with E-state index in [4.69, 9.17) is 0 Å². The smallest absolute Gasteiger partial charge is 0.329 e. The lowest BCUT2D eigenvalue weighted by atomic mass is 10.5. The summed E-state index contributed by atoms with van der Waals surface area (Å²) in [5.41, 5.74) is 0. The Labute approximate surface area is 92.6 Å². The molecule has 18 heavy (non-hydrogen) atoms. The third kappa shape index (κ3) is 2.26. The van der Waals surface area contributed by atoms with Crippen LogP contribution in [0.1, 0.15) is 11.8 Å². The van der Waals surface area contributed by atoms with E-state index in [-0.39, 0.29) is 0 Å². The molecule has 2 aromatic rings. The molecule has 0 bridgehead atoms. The molecule has 6 nitrogen and oxygen atoms in total. The van der Waals surface area contributed by atoms with E-state index in [0.29, 0.717) is 0 Å². The van der Waals surface area contributed by atoms with Gasteiger partial charge in [-0.2, -0.15) is 36.3 Å². The fraction of sp³-hybridized carbons (Fsp3) is 0.333. The van der Waals surface area contributed by atoms with E-state index in [2.05, 4.69) is 29.3 Å². The zero-order valence-electron chi connectivity index (χ0n) is 7.87. The van der Waals surface area contributed by atoms with E-state index >= 15 is 0 Å². The highest BCUT2D eigenvalue weighted by Crippen LogP contribution is 2.31. The van der Waals surface area contributed by atoms with Crippen LogP contribution >= 0.6 is 0 Å². The second-order valence-electron chi connectivity index (χ2n) is 2.84. The highest BCUT2D eigenvalue weighted by molar-refractivity contribution is 5.40. The molecule has 2 aromatic heterocycles. The Bertz CT molecular complexity index is 505. The Morgan fingerprint density at radius 1 is 0.667 bits per heavy atom. The number of hydrogen-bond donors (Lipinski definition) is 0. The Kier molecular flexibility index (Phi) is 2.52. The first-order valence-corrected chi connectivity index (χ1v) is 4.00. The molecule has 2 rings (SSSR count). The molecule has 0 saturated carbocycles. The van der Waals surface area contributed by atoms with Crippen molar-refractivity contribution in [1.29, 1.82) is 0 Å². The SMILES string of the molecule is FC(F)(F)c1nc(-c2noc(C(F)(F)F)n2)no1. The van der Waals surface area contributed by atoms with Crippen LogP contribution in [-0.4, -0.2) is 20.3 Å². The van der Waals surface area contributed by atoms with Crippen LogP contribution in [0.15, 0.2) is 9.05 Å². The number of alkyl halides is 6. The maximum atomic E-state index is 12.1. The minimum atomic E-state index is -4.91. The summed E-state index contributed by atoms with van der Waals surface area (Å²) in [6.07, 6.45) is -9.83. The Morgan fingerprint density at radius 2 is 1.00 bits per heavy atom. The minimum Gasteiger partial charge on any atom is -0.329 e. The van der Waals surface area contributed by atoms with Crippen LogP contribution in [0.2, 0.25) is 0 Å². The van der Waals surface area contributed by atoms with Crippen molar-refractivity contribution in [2.45, 2.75) is 12.4 Å². The molecular formula is C6F6N4O2. The second-order valence-corrected chi connectivity index (χ2v) is 2.84. The maximum Gasteiger partial charge on any atom is 0.471 e. The third-order valence-corrected chi connectivity index (χ3v) is 1.54. The first-order chi connectivity index (χ1) is 8.18. The van der Waals surface area contributed by atoms with Gasteiger partial charge < -0.3 is 9.05 Å². The lowest BCUT2D eigenvalue weighted by molar-refractivity contribution is -0.160. The highest BCUT2D eigenvalue weighted by Gasteiger charge is 2.41. The van der Waals surface area contributed by atoms with Crippen LogP contribution in [-0.2, 0) is 12.4 Å².